The first-order valence-corrected chi connectivity index (χ1v) is 10.5. The van der Waals surface area contributed by atoms with Crippen LogP contribution in [0.1, 0.15) is 40.5 Å². The average molecular weight is 456 g/mol. The van der Waals surface area contributed by atoms with Crippen LogP contribution in [0.15, 0.2) is 41.4 Å². The molecular formula is C24H22ClNO6. The van der Waals surface area contributed by atoms with E-state index in [0.29, 0.717) is 17.7 Å². The Morgan fingerprint density at radius 2 is 1.88 bits per heavy atom. The molecule has 7 nitrogen and oxygen atoms in total. The number of fused-ring (bicyclic) bond motifs is 1. The first kappa shape index (κ1) is 22.0. The molecule has 2 atom stereocenters. The molecule has 4 rings (SSSR count). The Bertz CT molecular complexity index is 1140. The maximum Gasteiger partial charge on any atom is 0.232 e. The lowest BCUT2D eigenvalue weighted by atomic mass is 9.71. The van der Waals surface area contributed by atoms with Gasteiger partial charge in [-0.2, -0.15) is 0 Å². The van der Waals surface area contributed by atoms with E-state index < -0.39 is 23.1 Å². The minimum absolute atomic E-state index is 0.0573. The normalized spacial score (nSPS) is 23.2. The second-order valence-corrected chi connectivity index (χ2v) is 8.22. The Hall–Kier alpha value is -3.19. The fourth-order valence-corrected chi connectivity index (χ4v) is 4.55. The number of nitrogens with zero attached hydrogens (tertiary/aromatic N) is 1. The third kappa shape index (κ3) is 3.37. The average Bonchev–Trinajstić information content (AvgIpc) is 3.12. The summed E-state index contributed by atoms with van der Waals surface area (Å²) in [6.07, 6.45) is 0.258. The number of benzene rings is 2. The van der Waals surface area contributed by atoms with Crippen molar-refractivity contribution in [3.8, 4) is 17.2 Å². The van der Waals surface area contributed by atoms with Gasteiger partial charge in [-0.1, -0.05) is 48.9 Å². The van der Waals surface area contributed by atoms with E-state index in [2.05, 4.69) is 4.99 Å². The van der Waals surface area contributed by atoms with Gasteiger partial charge in [0.05, 0.1) is 14.2 Å². The van der Waals surface area contributed by atoms with Gasteiger partial charge in [0.1, 0.15) is 28.6 Å². The molecule has 0 amide bonds. The predicted molar refractivity (Wildman–Crippen MR) is 119 cm³/mol. The highest BCUT2D eigenvalue weighted by atomic mass is 35.5. The number of hydrogen-bond acceptors (Lipinski definition) is 7. The van der Waals surface area contributed by atoms with Crippen LogP contribution in [0.25, 0.3) is 0 Å². The van der Waals surface area contributed by atoms with E-state index in [9.17, 15) is 14.4 Å². The van der Waals surface area contributed by atoms with Gasteiger partial charge in [-0.25, -0.2) is 0 Å². The number of ether oxygens (including phenoxy) is 3. The van der Waals surface area contributed by atoms with Gasteiger partial charge in [0.15, 0.2) is 17.3 Å². The van der Waals surface area contributed by atoms with Gasteiger partial charge in [-0.05, 0) is 6.42 Å². The van der Waals surface area contributed by atoms with Crippen molar-refractivity contribution in [3.63, 3.8) is 0 Å². The van der Waals surface area contributed by atoms with Gasteiger partial charge < -0.3 is 14.2 Å². The summed E-state index contributed by atoms with van der Waals surface area (Å²) in [6, 6.07) is 10.3. The van der Waals surface area contributed by atoms with E-state index in [1.807, 2.05) is 6.07 Å². The molecule has 166 valence electrons. The van der Waals surface area contributed by atoms with E-state index in [0.717, 1.165) is 0 Å². The minimum atomic E-state index is -1.70. The van der Waals surface area contributed by atoms with Crippen LogP contribution < -0.4 is 14.2 Å². The molecule has 1 aliphatic heterocycles. The molecule has 1 aliphatic carbocycles. The molecule has 0 saturated heterocycles. The SMILES string of the molecule is COc1cc(OC)c2c(c1Cl)OC1(C(=O)CC(=NCC(=O)c3ccccc3)CC1C)C2=O. The lowest BCUT2D eigenvalue weighted by Gasteiger charge is -2.36. The molecule has 2 aromatic carbocycles. The van der Waals surface area contributed by atoms with E-state index in [-0.39, 0.29) is 46.6 Å². The van der Waals surface area contributed by atoms with Crippen molar-refractivity contribution in [1.82, 2.24) is 0 Å². The summed E-state index contributed by atoms with van der Waals surface area (Å²) < 4.78 is 16.6. The van der Waals surface area contributed by atoms with Gasteiger partial charge >= 0.3 is 0 Å². The lowest BCUT2D eigenvalue weighted by molar-refractivity contribution is -0.133. The van der Waals surface area contributed by atoms with Crippen molar-refractivity contribution in [1.29, 1.82) is 0 Å². The zero-order valence-corrected chi connectivity index (χ0v) is 18.7. The van der Waals surface area contributed by atoms with Crippen LogP contribution in [-0.2, 0) is 4.79 Å². The van der Waals surface area contributed by atoms with Gasteiger partial charge in [0, 0.05) is 29.7 Å². The van der Waals surface area contributed by atoms with Crippen LogP contribution in [0.5, 0.6) is 17.2 Å². The molecular weight excluding hydrogens is 434 g/mol. The van der Waals surface area contributed by atoms with Crippen molar-refractivity contribution < 1.29 is 28.6 Å². The maximum atomic E-state index is 13.5. The van der Waals surface area contributed by atoms with Crippen LogP contribution >= 0.6 is 11.6 Å². The van der Waals surface area contributed by atoms with E-state index in [1.54, 1.807) is 31.2 Å². The number of halogens is 1. The number of Topliss-reactive ketones (excluding diaryl/α,β-unsaturated/α-hetero) is 3. The van der Waals surface area contributed by atoms with Crippen LogP contribution in [-0.4, -0.2) is 49.4 Å². The molecule has 2 unspecified atom stereocenters. The summed E-state index contributed by atoms with van der Waals surface area (Å²) in [5.74, 6) is -0.941. The van der Waals surface area contributed by atoms with Crippen LogP contribution in [0.2, 0.25) is 5.02 Å². The van der Waals surface area contributed by atoms with Crippen LogP contribution in [0, 0.1) is 5.92 Å². The Morgan fingerprint density at radius 1 is 1.19 bits per heavy atom. The molecule has 0 N–H and O–H groups in total. The zero-order valence-electron chi connectivity index (χ0n) is 17.9. The molecule has 2 aromatic rings. The monoisotopic (exact) mass is 455 g/mol. The van der Waals surface area contributed by atoms with Gasteiger partial charge in [-0.15, -0.1) is 0 Å². The molecule has 1 fully saturated rings. The smallest absolute Gasteiger partial charge is 0.232 e. The van der Waals surface area contributed by atoms with Crippen molar-refractivity contribution in [2.45, 2.75) is 25.4 Å². The molecule has 32 heavy (non-hydrogen) atoms. The highest BCUT2D eigenvalue weighted by Gasteiger charge is 2.61. The molecule has 0 bridgehead atoms. The van der Waals surface area contributed by atoms with Crippen molar-refractivity contribution in [2.75, 3.05) is 20.8 Å². The summed E-state index contributed by atoms with van der Waals surface area (Å²) in [5, 5.41) is 0.112. The summed E-state index contributed by atoms with van der Waals surface area (Å²) in [7, 11) is 2.86. The first-order valence-electron chi connectivity index (χ1n) is 10.2. The minimum Gasteiger partial charge on any atom is -0.496 e. The molecule has 0 aromatic heterocycles. The molecule has 1 saturated carbocycles. The summed E-state index contributed by atoms with van der Waals surface area (Å²) >= 11 is 6.39. The summed E-state index contributed by atoms with van der Waals surface area (Å²) in [6.45, 7) is 1.70. The second kappa shape index (κ2) is 8.39. The number of carbonyl (C=O) groups excluding carboxylic acids is 3. The van der Waals surface area contributed by atoms with Crippen molar-refractivity contribution >= 4 is 34.7 Å². The van der Waals surface area contributed by atoms with Crippen LogP contribution in [0.3, 0.4) is 0 Å². The third-order valence-corrected chi connectivity index (χ3v) is 6.33. The standard InChI is InChI=1S/C24H22ClNO6/c1-13-9-15(26-12-16(27)14-7-5-4-6-8-14)10-19(28)24(13)23(29)20-17(30-2)11-18(31-3)21(25)22(20)32-24/h4-8,11,13H,9-10,12H2,1-3H3. The summed E-state index contributed by atoms with van der Waals surface area (Å²) in [4.78, 5) is 43.5. The quantitative estimate of drug-likeness (QED) is 0.500. The van der Waals surface area contributed by atoms with Crippen molar-refractivity contribution in [3.05, 3.63) is 52.5 Å². The molecule has 2 aliphatic rings. The number of ketones is 3. The Kier molecular flexibility index (Phi) is 5.77. The van der Waals surface area contributed by atoms with E-state index in [1.165, 1.54) is 20.3 Å². The third-order valence-electron chi connectivity index (χ3n) is 5.98. The highest BCUT2D eigenvalue weighted by Crippen LogP contribution is 2.52. The second-order valence-electron chi connectivity index (χ2n) is 7.84. The first-order chi connectivity index (χ1) is 15.3. The summed E-state index contributed by atoms with van der Waals surface area (Å²) in [5.41, 5.74) is -0.434. The van der Waals surface area contributed by atoms with Gasteiger partial charge in [0.2, 0.25) is 11.4 Å². The fourth-order valence-electron chi connectivity index (χ4n) is 4.29. The largest absolute Gasteiger partial charge is 0.496 e. The molecule has 1 spiro atoms. The number of carbonyl (C=O) groups is 3. The van der Waals surface area contributed by atoms with E-state index in [4.69, 9.17) is 25.8 Å². The number of hydrogen-bond donors (Lipinski definition) is 0. The number of aliphatic imine (C=N–C) groups is 1. The van der Waals surface area contributed by atoms with Crippen LogP contribution in [0.4, 0.5) is 0 Å². The van der Waals surface area contributed by atoms with E-state index >= 15 is 0 Å². The van der Waals surface area contributed by atoms with Gasteiger partial charge in [-0.3, -0.25) is 19.4 Å². The van der Waals surface area contributed by atoms with Gasteiger partial charge in [0.25, 0.3) is 0 Å². The molecule has 8 heteroatoms. The molecule has 0 radical (unpaired) electrons. The Labute approximate surface area is 190 Å². The fraction of sp³-hybridized carbons (Fsp3) is 0.333. The zero-order chi connectivity index (χ0) is 23.0. The topological polar surface area (TPSA) is 91.3 Å². The maximum absolute atomic E-state index is 13.5. The molecule has 1 heterocycles. The van der Waals surface area contributed by atoms with Crippen molar-refractivity contribution in [2.24, 2.45) is 10.9 Å². The number of methoxy groups -OCH3 is 2. The Balaban J connectivity index is 1.61. The highest BCUT2D eigenvalue weighted by molar-refractivity contribution is 6.36. The predicted octanol–water partition coefficient (Wildman–Crippen LogP) is 3.99. The Morgan fingerprint density at radius 3 is 2.50 bits per heavy atom. The number of rotatable bonds is 5. The lowest BCUT2D eigenvalue weighted by Crippen LogP contribution is -2.57.